The van der Waals surface area contributed by atoms with Gasteiger partial charge in [0.05, 0.1) is 12.0 Å². The first-order valence-corrected chi connectivity index (χ1v) is 10.1. The highest BCUT2D eigenvalue weighted by Gasteiger charge is 2.38. The number of carbonyl (C=O) groups excluding carboxylic acids is 2. The first-order chi connectivity index (χ1) is 12.1. The van der Waals surface area contributed by atoms with Crippen LogP contribution < -0.4 is 5.73 Å². The van der Waals surface area contributed by atoms with E-state index in [1.54, 1.807) is 0 Å². The molecule has 2 saturated heterocycles. The van der Waals surface area contributed by atoms with Crippen LogP contribution in [-0.2, 0) is 9.59 Å². The predicted molar refractivity (Wildman–Crippen MR) is 100 cm³/mol. The van der Waals surface area contributed by atoms with Crippen molar-refractivity contribution in [3.8, 4) is 0 Å². The summed E-state index contributed by atoms with van der Waals surface area (Å²) in [6.45, 7) is 9.76. The van der Waals surface area contributed by atoms with E-state index in [4.69, 9.17) is 5.73 Å². The Balaban J connectivity index is 1.82. The van der Waals surface area contributed by atoms with Crippen molar-refractivity contribution in [3.63, 3.8) is 0 Å². The zero-order valence-electron chi connectivity index (χ0n) is 16.1. The molecule has 2 aliphatic heterocycles. The molecule has 2 amide bonds. The van der Waals surface area contributed by atoms with Gasteiger partial charge >= 0.3 is 0 Å². The number of carbonyl (C=O) groups is 2. The number of likely N-dealkylation sites (tertiary alicyclic amines) is 1. The summed E-state index contributed by atoms with van der Waals surface area (Å²) in [5, 5.41) is 0. The van der Waals surface area contributed by atoms with Gasteiger partial charge in [0, 0.05) is 45.8 Å². The standard InChI is InChI=1S/C19H36N4O2/c1-3-19(4-2,16-20)18(25)23-13-11-21(12-14-23)15-17(24)22-9-7-5-6-8-10-22/h3-16,20H2,1-2H3. The molecule has 6 nitrogen and oxygen atoms in total. The molecule has 0 aromatic rings. The molecule has 0 radical (unpaired) electrons. The molecule has 144 valence electrons. The van der Waals surface area contributed by atoms with E-state index in [2.05, 4.69) is 4.90 Å². The van der Waals surface area contributed by atoms with E-state index < -0.39 is 5.41 Å². The van der Waals surface area contributed by atoms with Crippen LogP contribution in [0.15, 0.2) is 0 Å². The van der Waals surface area contributed by atoms with Gasteiger partial charge in [0.25, 0.3) is 0 Å². The van der Waals surface area contributed by atoms with Gasteiger partial charge < -0.3 is 15.5 Å². The second kappa shape index (κ2) is 9.53. The number of nitrogens with two attached hydrogens (primary N) is 1. The van der Waals surface area contributed by atoms with Gasteiger partial charge in [-0.2, -0.15) is 0 Å². The molecule has 2 fully saturated rings. The minimum absolute atomic E-state index is 0.193. The second-order valence-electron chi connectivity index (χ2n) is 7.55. The van der Waals surface area contributed by atoms with Crippen molar-refractivity contribution in [2.75, 3.05) is 52.4 Å². The third-order valence-corrected chi connectivity index (χ3v) is 6.18. The molecule has 2 N–H and O–H groups in total. The number of hydrogen-bond donors (Lipinski definition) is 1. The maximum atomic E-state index is 12.9. The van der Waals surface area contributed by atoms with Crippen LogP contribution in [-0.4, -0.2) is 78.9 Å². The molecule has 0 unspecified atom stereocenters. The monoisotopic (exact) mass is 352 g/mol. The average molecular weight is 353 g/mol. The molecular weight excluding hydrogens is 316 g/mol. The van der Waals surface area contributed by atoms with E-state index in [0.717, 1.165) is 51.9 Å². The van der Waals surface area contributed by atoms with Crippen molar-refractivity contribution in [2.24, 2.45) is 11.1 Å². The Morgan fingerprint density at radius 3 is 1.88 bits per heavy atom. The van der Waals surface area contributed by atoms with Crippen LogP contribution in [0.25, 0.3) is 0 Å². The maximum Gasteiger partial charge on any atom is 0.236 e. The smallest absolute Gasteiger partial charge is 0.236 e. The number of amides is 2. The largest absolute Gasteiger partial charge is 0.342 e. The lowest BCUT2D eigenvalue weighted by atomic mass is 9.81. The molecule has 0 spiro atoms. The van der Waals surface area contributed by atoms with Crippen molar-refractivity contribution in [1.29, 1.82) is 0 Å². The third-order valence-electron chi connectivity index (χ3n) is 6.18. The predicted octanol–water partition coefficient (Wildman–Crippen LogP) is 1.30. The van der Waals surface area contributed by atoms with Crippen LogP contribution in [0.5, 0.6) is 0 Å². The van der Waals surface area contributed by atoms with Gasteiger partial charge in [0.2, 0.25) is 11.8 Å². The molecule has 0 atom stereocenters. The minimum Gasteiger partial charge on any atom is -0.342 e. The number of piperazine rings is 1. The van der Waals surface area contributed by atoms with Crippen LogP contribution in [0.4, 0.5) is 0 Å². The third kappa shape index (κ3) is 4.94. The molecule has 0 saturated carbocycles. The fraction of sp³-hybridized carbons (Fsp3) is 0.895. The zero-order chi connectivity index (χ0) is 18.3. The summed E-state index contributed by atoms with van der Waals surface area (Å²) in [5.41, 5.74) is 5.50. The lowest BCUT2D eigenvalue weighted by Gasteiger charge is -2.40. The molecule has 2 aliphatic rings. The van der Waals surface area contributed by atoms with Gasteiger partial charge in [0.15, 0.2) is 0 Å². The Morgan fingerprint density at radius 2 is 1.40 bits per heavy atom. The lowest BCUT2D eigenvalue weighted by molar-refractivity contribution is -0.144. The average Bonchev–Trinajstić information content (AvgIpc) is 2.93. The molecule has 2 heterocycles. The quantitative estimate of drug-likeness (QED) is 0.782. The molecule has 0 aromatic heterocycles. The number of rotatable bonds is 6. The number of nitrogens with zero attached hydrogens (tertiary/aromatic N) is 3. The van der Waals surface area contributed by atoms with Crippen LogP contribution in [0.3, 0.4) is 0 Å². The fourth-order valence-electron chi connectivity index (χ4n) is 3.98. The summed E-state index contributed by atoms with van der Waals surface area (Å²) in [6.07, 6.45) is 6.30. The molecule has 25 heavy (non-hydrogen) atoms. The van der Waals surface area contributed by atoms with E-state index >= 15 is 0 Å². The molecule has 0 bridgehead atoms. The summed E-state index contributed by atoms with van der Waals surface area (Å²) >= 11 is 0. The summed E-state index contributed by atoms with van der Waals surface area (Å²) in [5.74, 6) is 0.443. The molecular formula is C19H36N4O2. The number of hydrogen-bond acceptors (Lipinski definition) is 4. The SMILES string of the molecule is CCC(CC)(CN)C(=O)N1CCN(CC(=O)N2CCCCCC2)CC1. The molecule has 0 aromatic carbocycles. The van der Waals surface area contributed by atoms with Crippen molar-refractivity contribution >= 4 is 11.8 Å². The van der Waals surface area contributed by atoms with Gasteiger partial charge in [-0.05, 0) is 25.7 Å². The summed E-state index contributed by atoms with van der Waals surface area (Å²) in [7, 11) is 0. The fourth-order valence-corrected chi connectivity index (χ4v) is 3.98. The van der Waals surface area contributed by atoms with E-state index in [1.807, 2.05) is 23.6 Å². The summed E-state index contributed by atoms with van der Waals surface area (Å²) in [4.78, 5) is 31.6. The van der Waals surface area contributed by atoms with E-state index in [9.17, 15) is 9.59 Å². The summed E-state index contributed by atoms with van der Waals surface area (Å²) in [6, 6.07) is 0. The Morgan fingerprint density at radius 1 is 0.840 bits per heavy atom. The Hall–Kier alpha value is -1.14. The van der Waals surface area contributed by atoms with Crippen molar-refractivity contribution < 1.29 is 9.59 Å². The molecule has 2 rings (SSSR count). The second-order valence-corrected chi connectivity index (χ2v) is 7.55. The van der Waals surface area contributed by atoms with E-state index in [1.165, 1.54) is 12.8 Å². The molecule has 0 aliphatic carbocycles. The highest BCUT2D eigenvalue weighted by atomic mass is 16.2. The topological polar surface area (TPSA) is 69.9 Å². The van der Waals surface area contributed by atoms with Crippen LogP contribution in [0.1, 0.15) is 52.4 Å². The van der Waals surface area contributed by atoms with Crippen molar-refractivity contribution in [1.82, 2.24) is 14.7 Å². The Kier molecular flexibility index (Phi) is 7.69. The highest BCUT2D eigenvalue weighted by Crippen LogP contribution is 2.28. The van der Waals surface area contributed by atoms with Gasteiger partial charge in [-0.1, -0.05) is 26.7 Å². The first kappa shape index (κ1) is 20.2. The van der Waals surface area contributed by atoms with Crippen molar-refractivity contribution in [2.45, 2.75) is 52.4 Å². The van der Waals surface area contributed by atoms with Crippen LogP contribution >= 0.6 is 0 Å². The first-order valence-electron chi connectivity index (χ1n) is 10.1. The van der Waals surface area contributed by atoms with Gasteiger partial charge in [0.1, 0.15) is 0 Å². The van der Waals surface area contributed by atoms with E-state index in [-0.39, 0.29) is 11.8 Å². The zero-order valence-corrected chi connectivity index (χ0v) is 16.1. The van der Waals surface area contributed by atoms with Gasteiger partial charge in [-0.25, -0.2) is 0 Å². The minimum atomic E-state index is -0.413. The van der Waals surface area contributed by atoms with E-state index in [0.29, 0.717) is 26.2 Å². The van der Waals surface area contributed by atoms with Gasteiger partial charge in [-0.3, -0.25) is 14.5 Å². The Bertz CT molecular complexity index is 426. The highest BCUT2D eigenvalue weighted by molar-refractivity contribution is 5.83. The van der Waals surface area contributed by atoms with Crippen LogP contribution in [0.2, 0.25) is 0 Å². The Labute approximate surface area is 152 Å². The molecule has 6 heteroatoms. The van der Waals surface area contributed by atoms with Crippen LogP contribution in [0, 0.1) is 5.41 Å². The van der Waals surface area contributed by atoms with Gasteiger partial charge in [-0.15, -0.1) is 0 Å². The summed E-state index contributed by atoms with van der Waals surface area (Å²) < 4.78 is 0. The van der Waals surface area contributed by atoms with Crippen molar-refractivity contribution in [3.05, 3.63) is 0 Å². The normalized spacial score (nSPS) is 20.4. The lowest BCUT2D eigenvalue weighted by Crippen LogP contribution is -2.56. The maximum absolute atomic E-state index is 12.9.